The molecule has 85 heavy (non-hydrogen) atoms. The first-order chi connectivity index (χ1) is 41.1. The molecule has 0 aromatic heterocycles. The van der Waals surface area contributed by atoms with Gasteiger partial charge in [0.05, 0.1) is 38.0 Å². The summed E-state index contributed by atoms with van der Waals surface area (Å²) in [6, 6.07) is 50.8. The summed E-state index contributed by atoms with van der Waals surface area (Å²) in [6.45, 7) is 1.38. The lowest BCUT2D eigenvalue weighted by Crippen LogP contribution is -2.54. The number of benzene rings is 6. The van der Waals surface area contributed by atoms with Gasteiger partial charge in [-0.2, -0.15) is 0 Å². The van der Waals surface area contributed by atoms with Crippen molar-refractivity contribution in [3.63, 3.8) is 0 Å². The maximum Gasteiger partial charge on any atom is 0.322 e. The number of urea groups is 2. The van der Waals surface area contributed by atoms with E-state index in [1.807, 2.05) is 78.9 Å². The Morgan fingerprint density at radius 1 is 0.376 bits per heavy atom. The van der Waals surface area contributed by atoms with Crippen molar-refractivity contribution in [1.82, 2.24) is 37.2 Å². The first-order valence-electron chi connectivity index (χ1n) is 28.8. The number of carbonyl (C=O) groups is 8. The second kappa shape index (κ2) is 26.5. The number of hydrogen-bond donors (Lipinski definition) is 7. The number of para-hydroxylation sites is 3. The van der Waals surface area contributed by atoms with Crippen LogP contribution in [0.15, 0.2) is 164 Å². The highest BCUT2D eigenvalue weighted by atomic mass is 16.5. The Bertz CT molecular complexity index is 3230. The van der Waals surface area contributed by atoms with Crippen molar-refractivity contribution in [2.24, 2.45) is 0 Å². The summed E-state index contributed by atoms with van der Waals surface area (Å²) in [5.74, 6) is 0.859. The van der Waals surface area contributed by atoms with E-state index in [1.165, 1.54) is 5.56 Å². The number of carbonyl (C=O) groups excluding carboxylic acids is 8. The van der Waals surface area contributed by atoms with Crippen molar-refractivity contribution in [3.8, 4) is 17.2 Å². The first-order valence-corrected chi connectivity index (χ1v) is 28.8. The lowest BCUT2D eigenvalue weighted by Gasteiger charge is -2.44. The summed E-state index contributed by atoms with van der Waals surface area (Å²) < 4.78 is 15.9. The van der Waals surface area contributed by atoms with Crippen molar-refractivity contribution in [3.05, 3.63) is 197 Å². The normalized spacial score (nSPS) is 22.8. The van der Waals surface area contributed by atoms with Crippen LogP contribution in [0.2, 0.25) is 0 Å². The monoisotopic (exact) mass is 1150 g/mol. The highest BCUT2D eigenvalue weighted by Crippen LogP contribution is 2.46. The molecule has 2 spiro atoms. The molecule has 7 N–H and O–H groups in total. The van der Waals surface area contributed by atoms with E-state index < -0.39 is 23.1 Å². The van der Waals surface area contributed by atoms with Crippen LogP contribution in [0.5, 0.6) is 17.2 Å². The predicted octanol–water partition coefficient (Wildman–Crippen LogP) is 8.54. The zero-order valence-corrected chi connectivity index (χ0v) is 48.2. The van der Waals surface area contributed by atoms with Gasteiger partial charge in [0.15, 0.2) is 0 Å². The molecular formula is C67H73N7O11. The standard InChI is InChI=1S/2C23H25N3O4.C21H23NO3/c2*1-30-18-10-6-5-9-17(18)19(27)24-15-22(16-7-3-2-4-8-16)11-13-23(14-12-22)20(28)25-21(29)26-23;1-25-19-10-6-5-9-18(19)20(24)22-15-21(13-11-17(23)12-14-21)16-7-3-2-4-8-16/h2*2-10H,11-15H2,1H3,(H,24,27)(H2,25,26,28,29);2-10H,11-15H2,1H3,(H,22,24). The topological polar surface area (TPSA) is 248 Å². The molecule has 11 rings (SSSR count). The summed E-state index contributed by atoms with van der Waals surface area (Å²) >= 11 is 0. The minimum Gasteiger partial charge on any atom is -0.496 e. The minimum absolute atomic E-state index is 0.148. The number of Topliss-reactive ketones (excluding diaryl/α,β-unsaturated/α-hetero) is 1. The Kier molecular flexibility index (Phi) is 18.8. The first kappa shape index (κ1) is 60.3. The van der Waals surface area contributed by atoms with Crippen LogP contribution in [0.3, 0.4) is 0 Å². The van der Waals surface area contributed by atoms with Crippen molar-refractivity contribution < 1.29 is 52.6 Å². The van der Waals surface area contributed by atoms with Gasteiger partial charge >= 0.3 is 12.1 Å². The Balaban J connectivity index is 0.000000153. The van der Waals surface area contributed by atoms with Gasteiger partial charge in [-0.3, -0.25) is 39.4 Å². The SMILES string of the molecule is COc1ccccc1C(=O)NCC1(c2ccccc2)CCC(=O)CC1.COc1ccccc1C(=O)NCC1(c2ccccc2)CCC2(CC1)NC(=O)NC2=O.COc1ccccc1C(=O)NCC1(c2ccccc2)CCC2(CC1)NC(=O)NC2=O. The van der Waals surface area contributed by atoms with Crippen LogP contribution < -0.4 is 51.4 Å². The Morgan fingerprint density at radius 3 is 0.918 bits per heavy atom. The molecule has 2 heterocycles. The fourth-order valence-electron chi connectivity index (χ4n) is 12.7. The molecule has 0 unspecified atom stereocenters. The molecule has 442 valence electrons. The second-order valence-corrected chi connectivity index (χ2v) is 22.6. The minimum atomic E-state index is -0.845. The predicted molar refractivity (Wildman–Crippen MR) is 320 cm³/mol. The molecule has 6 aromatic carbocycles. The molecule has 6 aromatic rings. The lowest BCUT2D eigenvalue weighted by molar-refractivity contribution is -0.126. The van der Waals surface area contributed by atoms with Crippen LogP contribution in [0.1, 0.15) is 125 Å². The Labute approximate surface area is 494 Å². The van der Waals surface area contributed by atoms with Crippen LogP contribution in [0.4, 0.5) is 9.59 Å². The number of rotatable bonds is 15. The maximum absolute atomic E-state index is 12.9. The van der Waals surface area contributed by atoms with Gasteiger partial charge in [0.25, 0.3) is 29.5 Å². The van der Waals surface area contributed by atoms with Gasteiger partial charge in [0, 0.05) is 48.7 Å². The van der Waals surface area contributed by atoms with E-state index in [4.69, 9.17) is 14.2 Å². The van der Waals surface area contributed by atoms with E-state index in [1.54, 1.807) is 69.9 Å². The molecule has 18 heteroatoms. The van der Waals surface area contributed by atoms with Gasteiger partial charge in [-0.25, -0.2) is 9.59 Å². The maximum atomic E-state index is 12.9. The fourth-order valence-corrected chi connectivity index (χ4v) is 12.7. The van der Waals surface area contributed by atoms with Crippen molar-refractivity contribution in [2.45, 2.75) is 104 Å². The second-order valence-electron chi connectivity index (χ2n) is 22.6. The summed E-state index contributed by atoms with van der Waals surface area (Å²) in [5, 5.41) is 19.6. The van der Waals surface area contributed by atoms with E-state index in [0.29, 0.717) is 124 Å². The van der Waals surface area contributed by atoms with E-state index in [9.17, 15) is 38.4 Å². The summed E-state index contributed by atoms with van der Waals surface area (Å²) in [7, 11) is 4.64. The quantitative estimate of drug-likeness (QED) is 0.0480. The molecule has 3 aliphatic carbocycles. The summed E-state index contributed by atoms with van der Waals surface area (Å²) in [4.78, 5) is 98.2. The van der Waals surface area contributed by atoms with Crippen molar-refractivity contribution in [1.29, 1.82) is 0 Å². The number of ketones is 1. The Hall–Kier alpha value is -9.32. The van der Waals surface area contributed by atoms with Crippen molar-refractivity contribution in [2.75, 3.05) is 41.0 Å². The average Bonchev–Trinajstić information content (AvgIpc) is 2.39. The molecule has 18 nitrogen and oxygen atoms in total. The third kappa shape index (κ3) is 13.4. The smallest absolute Gasteiger partial charge is 0.322 e. The van der Waals surface area contributed by atoms with Crippen LogP contribution in [0.25, 0.3) is 0 Å². The fraction of sp³-hybridized carbons (Fsp3) is 0.343. The molecule has 5 fully saturated rings. The molecule has 5 aliphatic rings. The van der Waals surface area contributed by atoms with E-state index in [2.05, 4.69) is 73.6 Å². The molecule has 3 saturated carbocycles. The number of amides is 9. The number of nitrogens with one attached hydrogen (secondary N) is 7. The van der Waals surface area contributed by atoms with Gasteiger partial charge in [0.2, 0.25) is 0 Å². The third-order valence-electron chi connectivity index (χ3n) is 17.9. The third-order valence-corrected chi connectivity index (χ3v) is 17.9. The van der Waals surface area contributed by atoms with Crippen LogP contribution in [-0.4, -0.2) is 99.4 Å². The average molecular weight is 1150 g/mol. The number of imide groups is 2. The Morgan fingerprint density at radius 2 is 0.647 bits per heavy atom. The number of hydrogen-bond acceptors (Lipinski definition) is 11. The molecule has 2 saturated heterocycles. The van der Waals surface area contributed by atoms with Crippen LogP contribution in [-0.2, 0) is 30.6 Å². The number of methoxy groups -OCH3 is 3. The molecule has 2 aliphatic heterocycles. The highest BCUT2D eigenvalue weighted by molar-refractivity contribution is 6.08. The molecule has 0 bridgehead atoms. The molecular weight excluding hydrogens is 1080 g/mol. The highest BCUT2D eigenvalue weighted by Gasteiger charge is 2.53. The van der Waals surface area contributed by atoms with E-state index in [0.717, 1.165) is 24.0 Å². The van der Waals surface area contributed by atoms with Crippen LogP contribution >= 0.6 is 0 Å². The zero-order chi connectivity index (χ0) is 60.1. The van der Waals surface area contributed by atoms with Gasteiger partial charge in [0.1, 0.15) is 34.1 Å². The summed E-state index contributed by atoms with van der Waals surface area (Å²) in [5.41, 5.74) is 2.39. The molecule has 9 amide bonds. The van der Waals surface area contributed by atoms with Crippen molar-refractivity contribution >= 4 is 47.4 Å². The molecule has 0 radical (unpaired) electrons. The van der Waals surface area contributed by atoms with Gasteiger partial charge < -0.3 is 40.8 Å². The molecule has 0 atom stereocenters. The lowest BCUT2D eigenvalue weighted by atomic mass is 9.64. The summed E-state index contributed by atoms with van der Waals surface area (Å²) in [6.07, 6.45) is 7.40. The van der Waals surface area contributed by atoms with E-state index >= 15 is 0 Å². The largest absolute Gasteiger partial charge is 0.496 e. The zero-order valence-electron chi connectivity index (χ0n) is 48.2. The van der Waals surface area contributed by atoms with Crippen LogP contribution in [0, 0.1) is 0 Å². The van der Waals surface area contributed by atoms with Gasteiger partial charge in [-0.1, -0.05) is 127 Å². The number of ether oxygens (including phenoxy) is 3. The van der Waals surface area contributed by atoms with Gasteiger partial charge in [-0.05, 0) is 117 Å². The van der Waals surface area contributed by atoms with E-state index in [-0.39, 0.29) is 45.8 Å². The van der Waals surface area contributed by atoms with Gasteiger partial charge in [-0.15, -0.1) is 0 Å².